The van der Waals surface area contributed by atoms with Crippen LogP contribution in [0.4, 0.5) is 5.69 Å². The second-order valence-electron chi connectivity index (χ2n) is 9.48. The molecule has 0 saturated carbocycles. The van der Waals surface area contributed by atoms with Gasteiger partial charge in [-0.25, -0.2) is 4.98 Å². The van der Waals surface area contributed by atoms with Gasteiger partial charge < -0.3 is 14.2 Å². The molecule has 34 heavy (non-hydrogen) atoms. The largest absolute Gasteiger partial charge is 0.491 e. The Kier molecular flexibility index (Phi) is 5.86. The first-order valence-corrected chi connectivity index (χ1v) is 11.9. The van der Waals surface area contributed by atoms with Crippen LogP contribution in [-0.2, 0) is 11.3 Å². The van der Waals surface area contributed by atoms with E-state index < -0.39 is 0 Å². The number of ether oxygens (including phenoxy) is 1. The van der Waals surface area contributed by atoms with Gasteiger partial charge in [-0.3, -0.25) is 4.79 Å². The fourth-order valence-corrected chi connectivity index (χ4v) is 5.09. The number of nitrogens with zero attached hydrogens (tertiary/aromatic N) is 3. The van der Waals surface area contributed by atoms with Crippen LogP contribution in [0.25, 0.3) is 11.0 Å². The molecule has 4 aromatic rings. The Bertz CT molecular complexity index is 1350. The second-order valence-corrected chi connectivity index (χ2v) is 9.48. The number of imidazole rings is 1. The molecule has 0 N–H and O–H groups in total. The third kappa shape index (κ3) is 4.30. The minimum atomic E-state index is 0.0434. The van der Waals surface area contributed by atoms with Gasteiger partial charge in [0.15, 0.2) is 0 Å². The normalized spacial score (nSPS) is 15.9. The van der Waals surface area contributed by atoms with Crippen molar-refractivity contribution in [3.63, 3.8) is 0 Å². The van der Waals surface area contributed by atoms with Crippen molar-refractivity contribution in [1.82, 2.24) is 9.55 Å². The molecule has 1 aromatic heterocycles. The van der Waals surface area contributed by atoms with Crippen LogP contribution in [0.1, 0.15) is 40.4 Å². The summed E-state index contributed by atoms with van der Waals surface area (Å²) in [5.74, 6) is 2.07. The van der Waals surface area contributed by atoms with Crippen LogP contribution in [0.15, 0.2) is 60.7 Å². The summed E-state index contributed by atoms with van der Waals surface area (Å²) in [6.07, 6.45) is 0.467. The van der Waals surface area contributed by atoms with Crippen LogP contribution in [0.3, 0.4) is 0 Å². The SMILES string of the molecule is Cc1cc(C)cc(N2CC(c3nc4ccccc4n3CCOc3ccc(C)cc3C)CC2=O)c1. The number of para-hydroxylation sites is 2. The monoisotopic (exact) mass is 453 g/mol. The third-order valence-electron chi connectivity index (χ3n) is 6.60. The van der Waals surface area contributed by atoms with Gasteiger partial charge in [0.1, 0.15) is 18.2 Å². The molecule has 0 bridgehead atoms. The Morgan fingerprint density at radius 2 is 1.71 bits per heavy atom. The lowest BCUT2D eigenvalue weighted by atomic mass is 10.1. The Hall–Kier alpha value is -3.60. The molecule has 0 radical (unpaired) electrons. The Labute approximate surface area is 201 Å². The van der Waals surface area contributed by atoms with Crippen molar-refractivity contribution in [1.29, 1.82) is 0 Å². The molecule has 1 saturated heterocycles. The molecule has 1 fully saturated rings. The second kappa shape index (κ2) is 8.98. The summed E-state index contributed by atoms with van der Waals surface area (Å²) in [7, 11) is 0. The van der Waals surface area contributed by atoms with Gasteiger partial charge in [-0.2, -0.15) is 0 Å². The van der Waals surface area contributed by atoms with Crippen molar-refractivity contribution < 1.29 is 9.53 Å². The summed E-state index contributed by atoms with van der Waals surface area (Å²) in [6.45, 7) is 10.2. The fraction of sp³-hybridized carbons (Fsp3) is 0.310. The van der Waals surface area contributed by atoms with Crippen LogP contribution < -0.4 is 9.64 Å². The van der Waals surface area contributed by atoms with Gasteiger partial charge in [0, 0.05) is 24.6 Å². The van der Waals surface area contributed by atoms with Crippen molar-refractivity contribution in [2.75, 3.05) is 18.1 Å². The molecular weight excluding hydrogens is 422 g/mol. The fourth-order valence-electron chi connectivity index (χ4n) is 5.09. The van der Waals surface area contributed by atoms with E-state index in [1.54, 1.807) is 0 Å². The number of aryl methyl sites for hydroxylation is 4. The summed E-state index contributed by atoms with van der Waals surface area (Å²) in [4.78, 5) is 19.9. The van der Waals surface area contributed by atoms with E-state index >= 15 is 0 Å². The lowest BCUT2D eigenvalue weighted by Gasteiger charge is -2.19. The molecule has 0 aliphatic carbocycles. The average Bonchev–Trinajstić information content (AvgIpc) is 3.35. The van der Waals surface area contributed by atoms with Gasteiger partial charge in [0.2, 0.25) is 5.91 Å². The highest BCUT2D eigenvalue weighted by molar-refractivity contribution is 5.96. The number of fused-ring (bicyclic) bond motifs is 1. The molecule has 2 heterocycles. The summed E-state index contributed by atoms with van der Waals surface area (Å²) in [5.41, 5.74) is 7.73. The highest BCUT2D eigenvalue weighted by Crippen LogP contribution is 2.34. The summed E-state index contributed by atoms with van der Waals surface area (Å²) >= 11 is 0. The lowest BCUT2D eigenvalue weighted by Crippen LogP contribution is -2.25. The molecular formula is C29H31N3O2. The van der Waals surface area contributed by atoms with Gasteiger partial charge in [0.05, 0.1) is 17.6 Å². The maximum absolute atomic E-state index is 13.0. The van der Waals surface area contributed by atoms with Crippen LogP contribution in [0, 0.1) is 27.7 Å². The van der Waals surface area contributed by atoms with Crippen LogP contribution >= 0.6 is 0 Å². The quantitative estimate of drug-likeness (QED) is 0.367. The zero-order valence-electron chi connectivity index (χ0n) is 20.3. The average molecular weight is 454 g/mol. The first-order chi connectivity index (χ1) is 16.4. The molecule has 1 amide bonds. The zero-order valence-corrected chi connectivity index (χ0v) is 20.3. The molecule has 1 atom stereocenters. The predicted molar refractivity (Wildman–Crippen MR) is 137 cm³/mol. The summed E-state index contributed by atoms with van der Waals surface area (Å²) in [6, 6.07) is 20.8. The van der Waals surface area contributed by atoms with Crippen molar-refractivity contribution in [2.45, 2.75) is 46.6 Å². The summed E-state index contributed by atoms with van der Waals surface area (Å²) < 4.78 is 8.38. The van der Waals surface area contributed by atoms with Crippen molar-refractivity contribution in [3.8, 4) is 5.75 Å². The van der Waals surface area contributed by atoms with E-state index in [-0.39, 0.29) is 11.8 Å². The molecule has 0 spiro atoms. The number of carbonyl (C=O) groups excluding carboxylic acids is 1. The summed E-state index contributed by atoms with van der Waals surface area (Å²) in [5, 5.41) is 0. The van der Waals surface area contributed by atoms with Gasteiger partial charge in [-0.1, -0.05) is 35.9 Å². The van der Waals surface area contributed by atoms with Crippen molar-refractivity contribution in [3.05, 3.63) is 88.7 Å². The van der Waals surface area contributed by atoms with E-state index in [1.165, 1.54) is 16.7 Å². The van der Waals surface area contributed by atoms with E-state index in [0.29, 0.717) is 26.1 Å². The first kappa shape index (κ1) is 22.2. The highest BCUT2D eigenvalue weighted by Gasteiger charge is 2.35. The number of rotatable bonds is 6. The Morgan fingerprint density at radius 1 is 0.941 bits per heavy atom. The molecule has 5 heteroatoms. The van der Waals surface area contributed by atoms with E-state index in [0.717, 1.165) is 33.9 Å². The van der Waals surface area contributed by atoms with E-state index in [2.05, 4.69) is 68.7 Å². The smallest absolute Gasteiger partial charge is 0.227 e. The maximum Gasteiger partial charge on any atom is 0.227 e. The van der Waals surface area contributed by atoms with Crippen LogP contribution in [-0.4, -0.2) is 28.6 Å². The standard InChI is InChI=1S/C29H31N3O2/c1-19-9-10-27(22(4)14-19)34-12-11-31-26-8-6-5-7-25(26)30-29(31)23-17-28(33)32(18-23)24-15-20(2)13-21(3)16-24/h5-10,13-16,23H,11-12,17-18H2,1-4H3. The Balaban J connectivity index is 1.41. The molecule has 3 aromatic carbocycles. The minimum absolute atomic E-state index is 0.0434. The Morgan fingerprint density at radius 3 is 2.47 bits per heavy atom. The van der Waals surface area contributed by atoms with E-state index in [1.807, 2.05) is 29.2 Å². The number of hydrogen-bond acceptors (Lipinski definition) is 3. The van der Waals surface area contributed by atoms with Gasteiger partial charge in [-0.05, 0) is 74.7 Å². The predicted octanol–water partition coefficient (Wildman–Crippen LogP) is 5.87. The van der Waals surface area contributed by atoms with Crippen LogP contribution in [0.2, 0.25) is 0 Å². The van der Waals surface area contributed by atoms with Gasteiger partial charge in [-0.15, -0.1) is 0 Å². The number of aromatic nitrogens is 2. The molecule has 5 nitrogen and oxygen atoms in total. The first-order valence-electron chi connectivity index (χ1n) is 11.9. The molecule has 174 valence electrons. The number of amides is 1. The zero-order chi connectivity index (χ0) is 23.8. The van der Waals surface area contributed by atoms with Crippen molar-refractivity contribution in [2.24, 2.45) is 0 Å². The maximum atomic E-state index is 13.0. The van der Waals surface area contributed by atoms with Crippen LogP contribution in [0.5, 0.6) is 5.75 Å². The molecule has 5 rings (SSSR count). The number of benzene rings is 3. The number of carbonyl (C=O) groups is 1. The number of anilines is 1. The number of hydrogen-bond donors (Lipinski definition) is 0. The van der Waals surface area contributed by atoms with E-state index in [9.17, 15) is 4.79 Å². The third-order valence-corrected chi connectivity index (χ3v) is 6.60. The highest BCUT2D eigenvalue weighted by atomic mass is 16.5. The topological polar surface area (TPSA) is 47.4 Å². The van der Waals surface area contributed by atoms with Gasteiger partial charge in [0.25, 0.3) is 0 Å². The van der Waals surface area contributed by atoms with Crippen molar-refractivity contribution >= 4 is 22.6 Å². The van der Waals surface area contributed by atoms with E-state index in [4.69, 9.17) is 9.72 Å². The van der Waals surface area contributed by atoms with Gasteiger partial charge >= 0.3 is 0 Å². The molecule has 1 aliphatic rings. The molecule has 1 unspecified atom stereocenters. The lowest BCUT2D eigenvalue weighted by molar-refractivity contribution is -0.117. The molecule has 1 aliphatic heterocycles. The minimum Gasteiger partial charge on any atom is -0.491 e.